The lowest BCUT2D eigenvalue weighted by molar-refractivity contribution is 0.0750. The van der Waals surface area contributed by atoms with Crippen LogP contribution in [0.1, 0.15) is 21.6 Å². The van der Waals surface area contributed by atoms with Crippen molar-refractivity contribution in [2.75, 3.05) is 31.2 Å². The molecule has 2 aromatic rings. The summed E-state index contributed by atoms with van der Waals surface area (Å²) in [7, 11) is 0. The van der Waals surface area contributed by atoms with Crippen LogP contribution < -0.4 is 4.90 Å². The molecule has 4 rings (SSSR count). The van der Waals surface area contributed by atoms with Crippen molar-refractivity contribution >= 4 is 11.9 Å². The Bertz CT molecular complexity index is 714. The smallest absolute Gasteiger partial charge is 0.254 e. The number of hydrogen-bond acceptors (Lipinski definition) is 5. The molecule has 3 heterocycles. The Morgan fingerprint density at radius 3 is 2.65 bits per heavy atom. The molecule has 1 fully saturated rings. The van der Waals surface area contributed by atoms with Crippen molar-refractivity contribution < 1.29 is 9.53 Å². The number of carbonyl (C=O) groups excluding carboxylic acids is 1. The van der Waals surface area contributed by atoms with Gasteiger partial charge in [0.25, 0.3) is 5.91 Å². The number of morpholine rings is 1. The number of aromatic nitrogens is 2. The van der Waals surface area contributed by atoms with Crippen molar-refractivity contribution in [1.82, 2.24) is 14.9 Å². The van der Waals surface area contributed by atoms with Gasteiger partial charge in [-0.05, 0) is 12.1 Å². The molecule has 118 valence electrons. The predicted octanol–water partition coefficient (Wildman–Crippen LogP) is 1.47. The van der Waals surface area contributed by atoms with Gasteiger partial charge in [-0.15, -0.1) is 0 Å². The van der Waals surface area contributed by atoms with Gasteiger partial charge < -0.3 is 14.5 Å². The summed E-state index contributed by atoms with van der Waals surface area (Å²) in [4.78, 5) is 25.6. The van der Waals surface area contributed by atoms with Crippen LogP contribution in [0.25, 0.3) is 0 Å². The predicted molar refractivity (Wildman–Crippen MR) is 85.1 cm³/mol. The molecule has 1 saturated heterocycles. The van der Waals surface area contributed by atoms with Gasteiger partial charge in [-0.2, -0.15) is 0 Å². The molecule has 0 radical (unpaired) electrons. The number of amides is 1. The molecule has 2 aliphatic heterocycles. The highest BCUT2D eigenvalue weighted by atomic mass is 16.5. The molecule has 0 saturated carbocycles. The molecule has 1 amide bonds. The summed E-state index contributed by atoms with van der Waals surface area (Å²) in [5.74, 6) is 0.776. The summed E-state index contributed by atoms with van der Waals surface area (Å²) in [6.45, 7) is 4.16. The SMILES string of the molecule is O=C(c1ccccc1)N1Cc2cnc(N3CCOCC3)nc2C1. The highest BCUT2D eigenvalue weighted by Crippen LogP contribution is 2.24. The third-order valence-corrected chi connectivity index (χ3v) is 4.25. The van der Waals surface area contributed by atoms with Crippen molar-refractivity contribution in [3.05, 3.63) is 53.3 Å². The molecule has 23 heavy (non-hydrogen) atoms. The van der Waals surface area contributed by atoms with E-state index in [2.05, 4.69) is 14.9 Å². The molecule has 6 heteroatoms. The molecule has 0 spiro atoms. The molecule has 0 aliphatic carbocycles. The monoisotopic (exact) mass is 310 g/mol. The minimum Gasteiger partial charge on any atom is -0.378 e. The first-order valence-corrected chi connectivity index (χ1v) is 7.83. The average molecular weight is 310 g/mol. The van der Waals surface area contributed by atoms with Crippen LogP contribution >= 0.6 is 0 Å². The van der Waals surface area contributed by atoms with E-state index in [0.29, 0.717) is 31.9 Å². The third kappa shape index (κ3) is 2.77. The van der Waals surface area contributed by atoms with Crippen LogP contribution in [0.3, 0.4) is 0 Å². The topological polar surface area (TPSA) is 58.6 Å². The van der Waals surface area contributed by atoms with E-state index in [1.807, 2.05) is 41.4 Å². The molecule has 6 nitrogen and oxygen atoms in total. The number of rotatable bonds is 2. The lowest BCUT2D eigenvalue weighted by Gasteiger charge is -2.26. The number of benzene rings is 1. The van der Waals surface area contributed by atoms with Crippen LogP contribution in [0.2, 0.25) is 0 Å². The van der Waals surface area contributed by atoms with Crippen LogP contribution in [0.5, 0.6) is 0 Å². The Hall–Kier alpha value is -2.47. The van der Waals surface area contributed by atoms with E-state index in [9.17, 15) is 4.79 Å². The highest BCUT2D eigenvalue weighted by molar-refractivity contribution is 5.94. The van der Waals surface area contributed by atoms with Crippen molar-refractivity contribution in [3.8, 4) is 0 Å². The molecular weight excluding hydrogens is 292 g/mol. The zero-order valence-electron chi connectivity index (χ0n) is 12.8. The van der Waals surface area contributed by atoms with Gasteiger partial charge >= 0.3 is 0 Å². The standard InChI is InChI=1S/C17H18N4O2/c22-16(13-4-2-1-3-5-13)21-11-14-10-18-17(19-15(14)12-21)20-6-8-23-9-7-20/h1-5,10H,6-9,11-12H2. The summed E-state index contributed by atoms with van der Waals surface area (Å²) in [5, 5.41) is 0. The first-order chi connectivity index (χ1) is 11.3. The Morgan fingerprint density at radius 2 is 1.87 bits per heavy atom. The Labute approximate surface area is 134 Å². The van der Waals surface area contributed by atoms with Crippen molar-refractivity contribution in [2.45, 2.75) is 13.1 Å². The van der Waals surface area contributed by atoms with E-state index in [-0.39, 0.29) is 5.91 Å². The maximum absolute atomic E-state index is 12.6. The van der Waals surface area contributed by atoms with E-state index in [1.165, 1.54) is 0 Å². The van der Waals surface area contributed by atoms with Crippen molar-refractivity contribution in [2.24, 2.45) is 0 Å². The number of hydrogen-bond donors (Lipinski definition) is 0. The maximum atomic E-state index is 12.6. The quantitative estimate of drug-likeness (QED) is 0.841. The van der Waals surface area contributed by atoms with Gasteiger partial charge in [0.1, 0.15) is 0 Å². The molecular formula is C17H18N4O2. The number of anilines is 1. The zero-order valence-corrected chi connectivity index (χ0v) is 12.8. The fraction of sp³-hybridized carbons (Fsp3) is 0.353. The summed E-state index contributed by atoms with van der Waals surface area (Å²) in [5.41, 5.74) is 2.69. The van der Waals surface area contributed by atoms with Gasteiger partial charge in [0.15, 0.2) is 0 Å². The summed E-state index contributed by atoms with van der Waals surface area (Å²) >= 11 is 0. The van der Waals surface area contributed by atoms with Gasteiger partial charge in [-0.1, -0.05) is 18.2 Å². The second-order valence-electron chi connectivity index (χ2n) is 5.77. The van der Waals surface area contributed by atoms with Crippen molar-refractivity contribution in [3.63, 3.8) is 0 Å². The molecule has 1 aromatic heterocycles. The zero-order chi connectivity index (χ0) is 15.6. The average Bonchev–Trinajstić information content (AvgIpc) is 3.06. The number of ether oxygens (including phenoxy) is 1. The molecule has 2 aliphatic rings. The highest BCUT2D eigenvalue weighted by Gasteiger charge is 2.27. The fourth-order valence-electron chi connectivity index (χ4n) is 2.97. The van der Waals surface area contributed by atoms with Gasteiger partial charge in [-0.3, -0.25) is 4.79 Å². The Balaban J connectivity index is 1.52. The van der Waals surface area contributed by atoms with Gasteiger partial charge in [0, 0.05) is 37.0 Å². The molecule has 0 unspecified atom stereocenters. The second kappa shape index (κ2) is 5.96. The summed E-state index contributed by atoms with van der Waals surface area (Å²) in [6, 6.07) is 9.36. The van der Waals surface area contributed by atoms with E-state index < -0.39 is 0 Å². The Kier molecular flexibility index (Phi) is 3.67. The van der Waals surface area contributed by atoms with E-state index in [0.717, 1.165) is 30.3 Å². The Morgan fingerprint density at radius 1 is 1.09 bits per heavy atom. The minimum atomic E-state index is 0.0384. The molecule has 1 aromatic carbocycles. The maximum Gasteiger partial charge on any atom is 0.254 e. The lowest BCUT2D eigenvalue weighted by atomic mass is 10.2. The summed E-state index contributed by atoms with van der Waals surface area (Å²) < 4.78 is 5.36. The normalized spacial score (nSPS) is 17.2. The van der Waals surface area contributed by atoms with Crippen LogP contribution in [-0.4, -0.2) is 47.1 Å². The van der Waals surface area contributed by atoms with E-state index in [4.69, 9.17) is 4.74 Å². The van der Waals surface area contributed by atoms with E-state index >= 15 is 0 Å². The van der Waals surface area contributed by atoms with Gasteiger partial charge in [-0.25, -0.2) is 9.97 Å². The fourth-order valence-corrected chi connectivity index (χ4v) is 2.97. The first-order valence-electron chi connectivity index (χ1n) is 7.83. The number of fused-ring (bicyclic) bond motifs is 1. The third-order valence-electron chi connectivity index (χ3n) is 4.25. The van der Waals surface area contributed by atoms with E-state index in [1.54, 1.807) is 0 Å². The lowest BCUT2D eigenvalue weighted by Crippen LogP contribution is -2.37. The van der Waals surface area contributed by atoms with Gasteiger partial charge in [0.2, 0.25) is 5.95 Å². The summed E-state index contributed by atoms with van der Waals surface area (Å²) in [6.07, 6.45) is 1.85. The van der Waals surface area contributed by atoms with Gasteiger partial charge in [0.05, 0.1) is 25.5 Å². The largest absolute Gasteiger partial charge is 0.378 e. The van der Waals surface area contributed by atoms with Crippen LogP contribution in [0.15, 0.2) is 36.5 Å². The molecule has 0 bridgehead atoms. The van der Waals surface area contributed by atoms with Crippen LogP contribution in [-0.2, 0) is 17.8 Å². The van der Waals surface area contributed by atoms with Crippen LogP contribution in [0, 0.1) is 0 Å². The molecule has 0 atom stereocenters. The first kappa shape index (κ1) is 14.1. The minimum absolute atomic E-state index is 0.0384. The van der Waals surface area contributed by atoms with Crippen molar-refractivity contribution in [1.29, 1.82) is 0 Å². The second-order valence-corrected chi connectivity index (χ2v) is 5.77. The number of carbonyl (C=O) groups is 1. The molecule has 0 N–H and O–H groups in total. The van der Waals surface area contributed by atoms with Crippen LogP contribution in [0.4, 0.5) is 5.95 Å². The number of nitrogens with zero attached hydrogens (tertiary/aromatic N) is 4.